The number of hydrogen-bond donors (Lipinski definition) is 0. The first kappa shape index (κ1) is 15.4. The van der Waals surface area contributed by atoms with Crippen LogP contribution in [0.15, 0.2) is 42.7 Å². The molecule has 126 valence electrons. The number of amides is 1. The molecule has 2 aromatic heterocycles. The van der Waals surface area contributed by atoms with Gasteiger partial charge in [0.1, 0.15) is 11.5 Å². The van der Waals surface area contributed by atoms with Crippen molar-refractivity contribution in [2.24, 2.45) is 0 Å². The number of aryl methyl sites for hydroxylation is 1. The largest absolute Gasteiger partial charge is 0.337 e. The molecule has 1 amide bonds. The Hall–Kier alpha value is -3.09. The monoisotopic (exact) mass is 334 g/mol. The zero-order chi connectivity index (χ0) is 17.2. The highest BCUT2D eigenvalue weighted by Gasteiger charge is 2.25. The van der Waals surface area contributed by atoms with Crippen molar-refractivity contribution in [1.29, 1.82) is 0 Å². The molecule has 1 saturated heterocycles. The Labute approximate surface area is 145 Å². The van der Waals surface area contributed by atoms with E-state index in [1.54, 1.807) is 18.5 Å². The lowest BCUT2D eigenvalue weighted by atomic mass is 10.1. The van der Waals surface area contributed by atoms with Crippen molar-refractivity contribution in [3.63, 3.8) is 0 Å². The van der Waals surface area contributed by atoms with Gasteiger partial charge < -0.3 is 9.80 Å². The molecule has 4 rings (SSSR count). The predicted octanol–water partition coefficient (Wildman–Crippen LogP) is 1.69. The van der Waals surface area contributed by atoms with Crippen LogP contribution in [0.25, 0.3) is 10.9 Å². The molecule has 0 atom stereocenters. The number of anilines is 1. The van der Waals surface area contributed by atoms with Gasteiger partial charge in [0.15, 0.2) is 0 Å². The number of para-hydroxylation sites is 1. The third-order valence-corrected chi connectivity index (χ3v) is 4.32. The molecule has 7 nitrogen and oxygen atoms in total. The lowest BCUT2D eigenvalue weighted by molar-refractivity contribution is 0.0742. The van der Waals surface area contributed by atoms with Gasteiger partial charge in [0.05, 0.1) is 5.52 Å². The third kappa shape index (κ3) is 3.00. The van der Waals surface area contributed by atoms with Gasteiger partial charge in [-0.2, -0.15) is 0 Å². The van der Waals surface area contributed by atoms with Gasteiger partial charge in [-0.15, -0.1) is 0 Å². The van der Waals surface area contributed by atoms with Crippen LogP contribution in [0.3, 0.4) is 0 Å². The van der Waals surface area contributed by atoms with Crippen molar-refractivity contribution >= 4 is 22.8 Å². The second-order valence-corrected chi connectivity index (χ2v) is 5.96. The number of hydrogen-bond acceptors (Lipinski definition) is 6. The Morgan fingerprint density at radius 1 is 0.960 bits per heavy atom. The van der Waals surface area contributed by atoms with Crippen LogP contribution in [0.4, 0.5) is 5.95 Å². The molecule has 0 spiro atoms. The second-order valence-electron chi connectivity index (χ2n) is 5.96. The summed E-state index contributed by atoms with van der Waals surface area (Å²) in [6.45, 7) is 4.46. The average molecular weight is 334 g/mol. The first-order valence-corrected chi connectivity index (χ1v) is 8.27. The lowest BCUT2D eigenvalue weighted by Gasteiger charge is -2.34. The molecule has 0 bridgehead atoms. The van der Waals surface area contributed by atoms with Crippen LogP contribution >= 0.6 is 0 Å². The Balaban J connectivity index is 1.55. The van der Waals surface area contributed by atoms with Gasteiger partial charge >= 0.3 is 0 Å². The molecule has 1 aliphatic rings. The molecule has 1 fully saturated rings. The van der Waals surface area contributed by atoms with Crippen molar-refractivity contribution in [3.8, 4) is 0 Å². The van der Waals surface area contributed by atoms with Gasteiger partial charge in [-0.1, -0.05) is 18.2 Å². The number of rotatable bonds is 2. The maximum atomic E-state index is 13.0. The first-order valence-electron chi connectivity index (χ1n) is 8.27. The molecule has 0 N–H and O–H groups in total. The minimum absolute atomic E-state index is 0.0460. The van der Waals surface area contributed by atoms with Crippen LogP contribution in [0.5, 0.6) is 0 Å². The van der Waals surface area contributed by atoms with Crippen molar-refractivity contribution in [3.05, 3.63) is 54.2 Å². The number of piperazine rings is 1. The van der Waals surface area contributed by atoms with Gasteiger partial charge in [0.25, 0.3) is 5.91 Å². The number of nitrogens with zero attached hydrogens (tertiary/aromatic N) is 6. The van der Waals surface area contributed by atoms with Crippen LogP contribution in [0.1, 0.15) is 16.3 Å². The Morgan fingerprint density at radius 3 is 2.44 bits per heavy atom. The highest BCUT2D eigenvalue weighted by atomic mass is 16.2. The van der Waals surface area contributed by atoms with Crippen LogP contribution in [0.2, 0.25) is 0 Å². The van der Waals surface area contributed by atoms with E-state index in [1.807, 2.05) is 36.1 Å². The van der Waals surface area contributed by atoms with Gasteiger partial charge in [0.2, 0.25) is 5.95 Å². The lowest BCUT2D eigenvalue weighted by Crippen LogP contribution is -2.49. The summed E-state index contributed by atoms with van der Waals surface area (Å²) in [4.78, 5) is 34.3. The molecule has 3 heterocycles. The van der Waals surface area contributed by atoms with Gasteiger partial charge in [-0.3, -0.25) is 4.79 Å². The van der Waals surface area contributed by atoms with Crippen molar-refractivity contribution in [2.45, 2.75) is 6.92 Å². The van der Waals surface area contributed by atoms with Crippen molar-refractivity contribution in [1.82, 2.24) is 24.8 Å². The summed E-state index contributed by atoms with van der Waals surface area (Å²) in [6, 6.07) is 9.43. The average Bonchev–Trinajstić information content (AvgIpc) is 2.67. The fraction of sp³-hybridized carbons (Fsp3) is 0.278. The summed E-state index contributed by atoms with van der Waals surface area (Å²) in [6.07, 6.45) is 3.46. The normalized spacial score (nSPS) is 14.8. The molecule has 0 unspecified atom stereocenters. The summed E-state index contributed by atoms with van der Waals surface area (Å²) in [5, 5.41) is 0.798. The Bertz CT molecular complexity index is 906. The van der Waals surface area contributed by atoms with E-state index in [0.717, 1.165) is 10.9 Å². The molecule has 1 aromatic carbocycles. The number of carbonyl (C=O) groups is 1. The highest BCUT2D eigenvalue weighted by Crippen LogP contribution is 2.18. The molecule has 0 aliphatic carbocycles. The van der Waals surface area contributed by atoms with Crippen molar-refractivity contribution in [2.75, 3.05) is 31.1 Å². The summed E-state index contributed by atoms with van der Waals surface area (Å²) in [5.41, 5.74) is 1.28. The molecule has 0 saturated carbocycles. The number of fused-ring (bicyclic) bond motifs is 1. The maximum absolute atomic E-state index is 13.0. The summed E-state index contributed by atoms with van der Waals surface area (Å²) >= 11 is 0. The zero-order valence-electron chi connectivity index (χ0n) is 14.0. The molecule has 3 aromatic rings. The van der Waals surface area contributed by atoms with E-state index in [4.69, 9.17) is 0 Å². The van der Waals surface area contributed by atoms with E-state index >= 15 is 0 Å². The predicted molar refractivity (Wildman–Crippen MR) is 94.4 cm³/mol. The minimum Gasteiger partial charge on any atom is -0.337 e. The maximum Gasteiger partial charge on any atom is 0.273 e. The minimum atomic E-state index is -0.0460. The number of aromatic nitrogens is 4. The van der Waals surface area contributed by atoms with Crippen molar-refractivity contribution < 1.29 is 4.79 Å². The van der Waals surface area contributed by atoms with Gasteiger partial charge in [0, 0.05) is 44.0 Å². The van der Waals surface area contributed by atoms with Gasteiger partial charge in [-0.25, -0.2) is 19.9 Å². The molecule has 0 radical (unpaired) electrons. The quantitative estimate of drug-likeness (QED) is 0.710. The van der Waals surface area contributed by atoms with E-state index in [9.17, 15) is 4.79 Å². The Morgan fingerprint density at radius 2 is 1.68 bits per heavy atom. The molecule has 25 heavy (non-hydrogen) atoms. The smallest absolute Gasteiger partial charge is 0.273 e. The van der Waals surface area contributed by atoms with Crippen LogP contribution in [-0.4, -0.2) is 56.9 Å². The number of benzene rings is 1. The zero-order valence-corrected chi connectivity index (χ0v) is 14.0. The molecule has 1 aliphatic heterocycles. The topological polar surface area (TPSA) is 75.1 Å². The van der Waals surface area contributed by atoms with Crippen LogP contribution in [-0.2, 0) is 0 Å². The number of carbonyl (C=O) groups excluding carboxylic acids is 1. The van der Waals surface area contributed by atoms with E-state index in [1.165, 1.54) is 0 Å². The van der Waals surface area contributed by atoms with Gasteiger partial charge in [-0.05, 0) is 19.1 Å². The standard InChI is InChI=1S/C18H18N6O/c1-13-21-15-6-3-2-5-14(15)16(22-13)17(25)23-9-11-24(12-10-23)18-19-7-4-8-20-18/h2-8H,9-12H2,1H3. The van der Waals surface area contributed by atoms with E-state index in [2.05, 4.69) is 24.8 Å². The fourth-order valence-electron chi connectivity index (χ4n) is 3.07. The SMILES string of the molecule is Cc1nc(C(=O)N2CCN(c3ncccn3)CC2)c2ccccc2n1. The van der Waals surface area contributed by atoms with E-state index < -0.39 is 0 Å². The van der Waals surface area contributed by atoms with Crippen LogP contribution < -0.4 is 4.90 Å². The summed E-state index contributed by atoms with van der Waals surface area (Å²) < 4.78 is 0. The van der Waals surface area contributed by atoms with E-state index in [0.29, 0.717) is 43.6 Å². The summed E-state index contributed by atoms with van der Waals surface area (Å²) in [7, 11) is 0. The molecule has 7 heteroatoms. The molecular formula is C18H18N6O. The highest BCUT2D eigenvalue weighted by molar-refractivity contribution is 6.04. The van der Waals surface area contributed by atoms with E-state index in [-0.39, 0.29) is 5.91 Å². The first-order chi connectivity index (χ1) is 12.2. The van der Waals surface area contributed by atoms with Crippen LogP contribution in [0, 0.1) is 6.92 Å². The Kier molecular flexibility index (Phi) is 3.97. The fourth-order valence-corrected chi connectivity index (χ4v) is 3.07. The molecular weight excluding hydrogens is 316 g/mol. The summed E-state index contributed by atoms with van der Waals surface area (Å²) in [5.74, 6) is 1.27. The third-order valence-electron chi connectivity index (χ3n) is 4.32. The second kappa shape index (κ2) is 6.43.